The lowest BCUT2D eigenvalue weighted by Gasteiger charge is -2.23. The standard InChI is InChI=1S/C13H17ClN2O4/c1-13(2,3-4-17)8-15-12(18)9-5-10(14)7-11(6-9)16(19)20/h5-7,17H,3-4,8H2,1-2H3,(H,15,18). The van der Waals surface area contributed by atoms with Crippen LogP contribution in [0.5, 0.6) is 0 Å². The molecule has 110 valence electrons. The molecule has 1 aromatic carbocycles. The van der Waals surface area contributed by atoms with E-state index in [9.17, 15) is 14.9 Å². The van der Waals surface area contributed by atoms with E-state index in [1.807, 2.05) is 13.8 Å². The van der Waals surface area contributed by atoms with Crippen LogP contribution in [-0.2, 0) is 0 Å². The van der Waals surface area contributed by atoms with Crippen LogP contribution in [0.15, 0.2) is 18.2 Å². The minimum atomic E-state index is -0.599. The minimum absolute atomic E-state index is 0.0332. The average molecular weight is 301 g/mol. The fourth-order valence-corrected chi connectivity index (χ4v) is 1.85. The van der Waals surface area contributed by atoms with E-state index in [2.05, 4.69) is 5.32 Å². The van der Waals surface area contributed by atoms with Crippen molar-refractivity contribution >= 4 is 23.2 Å². The van der Waals surface area contributed by atoms with Gasteiger partial charge in [0.25, 0.3) is 11.6 Å². The Hall–Kier alpha value is -1.66. The molecule has 0 unspecified atom stereocenters. The van der Waals surface area contributed by atoms with Crippen LogP contribution in [-0.4, -0.2) is 29.1 Å². The second kappa shape index (κ2) is 6.67. The van der Waals surface area contributed by atoms with Gasteiger partial charge in [-0.15, -0.1) is 0 Å². The van der Waals surface area contributed by atoms with Crippen LogP contribution >= 0.6 is 11.6 Å². The molecule has 0 saturated carbocycles. The predicted molar refractivity (Wildman–Crippen MR) is 75.9 cm³/mol. The zero-order valence-electron chi connectivity index (χ0n) is 11.4. The third-order valence-electron chi connectivity index (χ3n) is 2.87. The maximum atomic E-state index is 12.0. The first-order valence-electron chi connectivity index (χ1n) is 6.09. The van der Waals surface area contributed by atoms with Gasteiger partial charge in [-0.05, 0) is 17.9 Å². The summed E-state index contributed by atoms with van der Waals surface area (Å²) in [5.74, 6) is -0.429. The van der Waals surface area contributed by atoms with Gasteiger partial charge in [-0.25, -0.2) is 0 Å². The fourth-order valence-electron chi connectivity index (χ4n) is 1.62. The fraction of sp³-hybridized carbons (Fsp3) is 0.462. The van der Waals surface area contributed by atoms with Crippen molar-refractivity contribution in [3.63, 3.8) is 0 Å². The lowest BCUT2D eigenvalue weighted by Crippen LogP contribution is -2.34. The molecule has 0 saturated heterocycles. The lowest BCUT2D eigenvalue weighted by atomic mass is 9.89. The van der Waals surface area contributed by atoms with Crippen molar-refractivity contribution < 1.29 is 14.8 Å². The summed E-state index contributed by atoms with van der Waals surface area (Å²) in [6.45, 7) is 4.20. The normalized spacial score (nSPS) is 11.2. The molecule has 0 aliphatic heterocycles. The predicted octanol–water partition coefficient (Wildman–Crippen LogP) is 2.39. The summed E-state index contributed by atoms with van der Waals surface area (Å²) in [7, 11) is 0. The first-order valence-corrected chi connectivity index (χ1v) is 6.47. The van der Waals surface area contributed by atoms with E-state index < -0.39 is 10.8 Å². The topological polar surface area (TPSA) is 92.5 Å². The maximum absolute atomic E-state index is 12.0. The highest BCUT2D eigenvalue weighted by Gasteiger charge is 2.20. The van der Waals surface area contributed by atoms with Crippen molar-refractivity contribution in [3.05, 3.63) is 38.9 Å². The molecule has 6 nitrogen and oxygen atoms in total. The number of nitro groups is 1. The van der Waals surface area contributed by atoms with Crippen LogP contribution in [0.25, 0.3) is 0 Å². The number of non-ortho nitro benzene ring substituents is 1. The summed E-state index contributed by atoms with van der Waals surface area (Å²) in [5, 5.41) is 22.5. The number of aliphatic hydroxyl groups excluding tert-OH is 1. The van der Waals surface area contributed by atoms with E-state index in [1.165, 1.54) is 18.2 Å². The van der Waals surface area contributed by atoms with Crippen LogP contribution < -0.4 is 5.32 Å². The number of hydrogen-bond acceptors (Lipinski definition) is 4. The molecule has 0 atom stereocenters. The Morgan fingerprint density at radius 2 is 2.10 bits per heavy atom. The number of nitrogens with zero attached hydrogens (tertiary/aromatic N) is 1. The Morgan fingerprint density at radius 1 is 1.45 bits per heavy atom. The number of hydrogen-bond donors (Lipinski definition) is 2. The number of rotatable bonds is 6. The highest BCUT2D eigenvalue weighted by molar-refractivity contribution is 6.31. The molecule has 1 rings (SSSR count). The first kappa shape index (κ1) is 16.4. The molecule has 0 bridgehead atoms. The molecule has 0 aliphatic carbocycles. The Balaban J connectivity index is 2.80. The number of aliphatic hydroxyl groups is 1. The molecule has 0 heterocycles. The van der Waals surface area contributed by atoms with Gasteiger partial charge in [-0.1, -0.05) is 25.4 Å². The van der Waals surface area contributed by atoms with E-state index in [1.54, 1.807) is 0 Å². The SMILES string of the molecule is CC(C)(CCO)CNC(=O)c1cc(Cl)cc([N+](=O)[O-])c1. The highest BCUT2D eigenvalue weighted by atomic mass is 35.5. The van der Waals surface area contributed by atoms with Crippen molar-refractivity contribution in [2.45, 2.75) is 20.3 Å². The monoisotopic (exact) mass is 300 g/mol. The molecular formula is C13H17ClN2O4. The summed E-state index contributed by atoms with van der Waals surface area (Å²) in [6.07, 6.45) is 0.545. The van der Waals surface area contributed by atoms with Crippen LogP contribution in [0.2, 0.25) is 5.02 Å². The van der Waals surface area contributed by atoms with E-state index in [0.29, 0.717) is 13.0 Å². The van der Waals surface area contributed by atoms with Gasteiger partial charge in [0.15, 0.2) is 0 Å². The van der Waals surface area contributed by atoms with E-state index >= 15 is 0 Å². The van der Waals surface area contributed by atoms with Crippen molar-refractivity contribution in [1.82, 2.24) is 5.32 Å². The van der Waals surface area contributed by atoms with E-state index in [0.717, 1.165) is 0 Å². The van der Waals surface area contributed by atoms with Gasteiger partial charge in [0.2, 0.25) is 0 Å². The van der Waals surface area contributed by atoms with Crippen LogP contribution in [0.1, 0.15) is 30.6 Å². The van der Waals surface area contributed by atoms with Crippen LogP contribution in [0.4, 0.5) is 5.69 Å². The van der Waals surface area contributed by atoms with Crippen molar-refractivity contribution in [2.75, 3.05) is 13.2 Å². The van der Waals surface area contributed by atoms with Gasteiger partial charge in [-0.2, -0.15) is 0 Å². The van der Waals surface area contributed by atoms with Gasteiger partial charge < -0.3 is 10.4 Å². The zero-order chi connectivity index (χ0) is 15.3. The quantitative estimate of drug-likeness (QED) is 0.623. The van der Waals surface area contributed by atoms with Crippen LogP contribution in [0.3, 0.4) is 0 Å². The summed E-state index contributed by atoms with van der Waals surface area (Å²) in [4.78, 5) is 22.1. The van der Waals surface area contributed by atoms with Gasteiger partial charge in [0, 0.05) is 35.9 Å². The number of carbonyl (C=O) groups excluding carboxylic acids is 1. The van der Waals surface area contributed by atoms with E-state index in [4.69, 9.17) is 16.7 Å². The number of halogens is 1. The Bertz CT molecular complexity index is 517. The summed E-state index contributed by atoms with van der Waals surface area (Å²) < 4.78 is 0. The molecule has 0 fully saturated rings. The largest absolute Gasteiger partial charge is 0.396 e. The molecule has 0 aromatic heterocycles. The molecule has 0 aliphatic rings. The molecular weight excluding hydrogens is 284 g/mol. The van der Waals surface area contributed by atoms with Crippen LogP contribution in [0, 0.1) is 15.5 Å². The highest BCUT2D eigenvalue weighted by Crippen LogP contribution is 2.22. The zero-order valence-corrected chi connectivity index (χ0v) is 12.1. The van der Waals surface area contributed by atoms with E-state index in [-0.39, 0.29) is 28.3 Å². The van der Waals surface area contributed by atoms with Crippen molar-refractivity contribution in [2.24, 2.45) is 5.41 Å². The summed E-state index contributed by atoms with van der Waals surface area (Å²) in [5.41, 5.74) is -0.337. The van der Waals surface area contributed by atoms with Gasteiger partial charge >= 0.3 is 0 Å². The van der Waals surface area contributed by atoms with Crippen molar-refractivity contribution in [3.8, 4) is 0 Å². The number of carbonyl (C=O) groups is 1. The van der Waals surface area contributed by atoms with Gasteiger partial charge in [0.1, 0.15) is 0 Å². The maximum Gasteiger partial charge on any atom is 0.271 e. The Morgan fingerprint density at radius 3 is 2.65 bits per heavy atom. The van der Waals surface area contributed by atoms with Gasteiger partial charge in [0.05, 0.1) is 4.92 Å². The third kappa shape index (κ3) is 4.79. The third-order valence-corrected chi connectivity index (χ3v) is 3.09. The number of benzene rings is 1. The molecule has 0 radical (unpaired) electrons. The molecule has 2 N–H and O–H groups in total. The number of nitrogens with one attached hydrogen (secondary N) is 1. The Kier molecular flexibility index (Phi) is 5.47. The molecule has 7 heteroatoms. The second-order valence-electron chi connectivity index (χ2n) is 5.28. The molecule has 1 aromatic rings. The van der Waals surface area contributed by atoms with Crippen molar-refractivity contribution in [1.29, 1.82) is 0 Å². The van der Waals surface area contributed by atoms with Gasteiger partial charge in [-0.3, -0.25) is 14.9 Å². The molecule has 1 amide bonds. The Labute approximate surface area is 121 Å². The first-order chi connectivity index (χ1) is 9.25. The minimum Gasteiger partial charge on any atom is -0.396 e. The number of amides is 1. The summed E-state index contributed by atoms with van der Waals surface area (Å²) in [6, 6.07) is 3.75. The molecule has 20 heavy (non-hydrogen) atoms. The smallest absolute Gasteiger partial charge is 0.271 e. The average Bonchev–Trinajstić information content (AvgIpc) is 2.35. The second-order valence-corrected chi connectivity index (χ2v) is 5.71. The summed E-state index contributed by atoms with van der Waals surface area (Å²) >= 11 is 5.76. The number of nitro benzene ring substituents is 1. The molecule has 0 spiro atoms. The lowest BCUT2D eigenvalue weighted by molar-refractivity contribution is -0.384.